The Morgan fingerprint density at radius 1 is 1.30 bits per heavy atom. The largest absolute Gasteiger partial charge is 0.390 e. The van der Waals surface area contributed by atoms with E-state index in [0.29, 0.717) is 44.6 Å². The number of likely N-dealkylation sites (tertiary alicyclic amines) is 1. The van der Waals surface area contributed by atoms with E-state index in [2.05, 4.69) is 0 Å². The van der Waals surface area contributed by atoms with Gasteiger partial charge in [-0.3, -0.25) is 4.79 Å². The summed E-state index contributed by atoms with van der Waals surface area (Å²) < 4.78 is 5.90. The van der Waals surface area contributed by atoms with Crippen LogP contribution in [0.4, 0.5) is 0 Å². The Kier molecular flexibility index (Phi) is 4.99. The Bertz CT molecular complexity index is 536. The number of rotatable bonds is 3. The molecule has 0 bridgehead atoms. The minimum Gasteiger partial charge on any atom is -0.390 e. The normalized spacial score (nSPS) is 23.9. The number of aliphatic hydroxyl groups is 1. The van der Waals surface area contributed by atoms with Crippen LogP contribution in [0.1, 0.15) is 41.6 Å². The van der Waals surface area contributed by atoms with Crippen molar-refractivity contribution in [2.24, 2.45) is 5.73 Å². The van der Waals surface area contributed by atoms with Crippen molar-refractivity contribution in [3.05, 3.63) is 35.4 Å². The molecule has 5 nitrogen and oxygen atoms in total. The van der Waals surface area contributed by atoms with Crippen molar-refractivity contribution in [3.8, 4) is 0 Å². The van der Waals surface area contributed by atoms with Gasteiger partial charge in [0.25, 0.3) is 5.91 Å². The maximum atomic E-state index is 12.6. The Balaban J connectivity index is 1.61. The molecule has 0 radical (unpaired) electrons. The van der Waals surface area contributed by atoms with Gasteiger partial charge in [-0.1, -0.05) is 12.1 Å². The molecule has 23 heavy (non-hydrogen) atoms. The summed E-state index contributed by atoms with van der Waals surface area (Å²) in [5.41, 5.74) is 6.98. The van der Waals surface area contributed by atoms with Crippen molar-refractivity contribution in [1.82, 2.24) is 4.90 Å². The first-order chi connectivity index (χ1) is 11.1. The van der Waals surface area contributed by atoms with Crippen LogP contribution in [0.15, 0.2) is 24.3 Å². The lowest BCUT2D eigenvalue weighted by atomic mass is 9.82. The highest BCUT2D eigenvalue weighted by Gasteiger charge is 2.44. The standard InChI is InChI=1S/C18H26N2O3/c19-10-7-14-3-5-15(6-4-14)17(22)20-11-8-18(9-12-20)16(21)2-1-13-23-18/h3-6,16,21H,1-2,7-13,19H2/t16-/m1/s1. The number of carbonyl (C=O) groups excluding carboxylic acids is 1. The highest BCUT2D eigenvalue weighted by atomic mass is 16.5. The van der Waals surface area contributed by atoms with E-state index in [1.807, 2.05) is 29.2 Å². The molecule has 2 saturated heterocycles. The highest BCUT2D eigenvalue weighted by molar-refractivity contribution is 5.94. The molecule has 2 fully saturated rings. The third-order valence-corrected chi connectivity index (χ3v) is 5.15. The molecule has 2 heterocycles. The average Bonchev–Trinajstić information content (AvgIpc) is 2.59. The Labute approximate surface area is 137 Å². The topological polar surface area (TPSA) is 75.8 Å². The Hall–Kier alpha value is -1.43. The molecule has 3 N–H and O–H groups in total. The van der Waals surface area contributed by atoms with Gasteiger partial charge in [0.15, 0.2) is 0 Å². The van der Waals surface area contributed by atoms with Gasteiger partial charge in [-0.15, -0.1) is 0 Å². The second-order valence-electron chi connectivity index (χ2n) is 6.60. The van der Waals surface area contributed by atoms with E-state index >= 15 is 0 Å². The zero-order chi connectivity index (χ0) is 16.3. The maximum absolute atomic E-state index is 12.6. The first-order valence-electron chi connectivity index (χ1n) is 8.55. The van der Waals surface area contributed by atoms with E-state index < -0.39 is 11.7 Å². The van der Waals surface area contributed by atoms with Crippen LogP contribution in [-0.4, -0.2) is 53.9 Å². The minimum atomic E-state index is -0.431. The fraction of sp³-hybridized carbons (Fsp3) is 0.611. The van der Waals surface area contributed by atoms with E-state index in [-0.39, 0.29) is 5.91 Å². The monoisotopic (exact) mass is 318 g/mol. The predicted octanol–water partition coefficient (Wildman–Crippen LogP) is 1.33. The lowest BCUT2D eigenvalue weighted by molar-refractivity contribution is -0.174. The summed E-state index contributed by atoms with van der Waals surface area (Å²) in [7, 11) is 0. The summed E-state index contributed by atoms with van der Waals surface area (Å²) in [5, 5.41) is 10.3. The third-order valence-electron chi connectivity index (χ3n) is 5.15. The van der Waals surface area contributed by atoms with E-state index in [9.17, 15) is 9.90 Å². The van der Waals surface area contributed by atoms with Gasteiger partial charge >= 0.3 is 0 Å². The molecule has 2 aliphatic heterocycles. The number of aliphatic hydroxyl groups excluding tert-OH is 1. The second kappa shape index (κ2) is 6.99. The molecular formula is C18H26N2O3. The van der Waals surface area contributed by atoms with E-state index in [4.69, 9.17) is 10.5 Å². The lowest BCUT2D eigenvalue weighted by Gasteiger charge is -2.46. The number of ether oxygens (including phenoxy) is 1. The second-order valence-corrected chi connectivity index (χ2v) is 6.60. The summed E-state index contributed by atoms with van der Waals surface area (Å²) in [5.74, 6) is 0.0597. The van der Waals surface area contributed by atoms with E-state index in [1.54, 1.807) is 0 Å². The van der Waals surface area contributed by atoms with Gasteiger partial charge in [0.1, 0.15) is 0 Å². The summed E-state index contributed by atoms with van der Waals surface area (Å²) in [4.78, 5) is 14.5. The molecular weight excluding hydrogens is 292 g/mol. The number of benzene rings is 1. The summed E-state index contributed by atoms with van der Waals surface area (Å²) in [6.07, 6.45) is 3.58. The minimum absolute atomic E-state index is 0.0597. The van der Waals surface area contributed by atoms with Gasteiger partial charge in [-0.05, 0) is 56.3 Å². The molecule has 2 aliphatic rings. The van der Waals surface area contributed by atoms with Crippen molar-refractivity contribution >= 4 is 5.91 Å². The predicted molar refractivity (Wildman–Crippen MR) is 88.3 cm³/mol. The summed E-state index contributed by atoms with van der Waals surface area (Å²) in [6.45, 7) is 2.61. The fourth-order valence-corrected chi connectivity index (χ4v) is 3.64. The summed E-state index contributed by atoms with van der Waals surface area (Å²) in [6, 6.07) is 7.70. The lowest BCUT2D eigenvalue weighted by Crippen LogP contribution is -2.56. The molecule has 1 aromatic rings. The smallest absolute Gasteiger partial charge is 0.253 e. The van der Waals surface area contributed by atoms with Crippen LogP contribution in [0.5, 0.6) is 0 Å². The van der Waals surface area contributed by atoms with Crippen LogP contribution in [0, 0.1) is 0 Å². The van der Waals surface area contributed by atoms with Crippen molar-refractivity contribution in [3.63, 3.8) is 0 Å². The van der Waals surface area contributed by atoms with E-state index in [0.717, 1.165) is 24.8 Å². The van der Waals surface area contributed by atoms with Crippen LogP contribution in [0.3, 0.4) is 0 Å². The quantitative estimate of drug-likeness (QED) is 0.882. The zero-order valence-electron chi connectivity index (χ0n) is 13.5. The Morgan fingerprint density at radius 2 is 2.00 bits per heavy atom. The van der Waals surface area contributed by atoms with Gasteiger partial charge in [0.05, 0.1) is 11.7 Å². The van der Waals surface area contributed by atoms with Crippen molar-refractivity contribution in [1.29, 1.82) is 0 Å². The SMILES string of the molecule is NCCc1ccc(C(=O)N2CCC3(CC2)OCCC[C@H]3O)cc1. The number of piperidine rings is 1. The molecule has 1 atom stereocenters. The number of amides is 1. The number of nitrogens with zero attached hydrogens (tertiary/aromatic N) is 1. The molecule has 1 aromatic carbocycles. The van der Waals surface area contributed by atoms with Crippen LogP contribution in [0.25, 0.3) is 0 Å². The Morgan fingerprint density at radius 3 is 2.61 bits per heavy atom. The number of carbonyl (C=O) groups is 1. The van der Waals surface area contributed by atoms with Crippen LogP contribution in [-0.2, 0) is 11.2 Å². The molecule has 5 heteroatoms. The van der Waals surface area contributed by atoms with Gasteiger partial charge < -0.3 is 20.5 Å². The maximum Gasteiger partial charge on any atom is 0.253 e. The zero-order valence-corrected chi connectivity index (χ0v) is 13.5. The highest BCUT2D eigenvalue weighted by Crippen LogP contribution is 2.35. The molecule has 1 spiro atoms. The molecule has 0 unspecified atom stereocenters. The van der Waals surface area contributed by atoms with Gasteiger partial charge in [0.2, 0.25) is 0 Å². The van der Waals surface area contributed by atoms with Crippen LogP contribution >= 0.6 is 0 Å². The van der Waals surface area contributed by atoms with Gasteiger partial charge in [-0.25, -0.2) is 0 Å². The number of hydrogen-bond donors (Lipinski definition) is 2. The first-order valence-corrected chi connectivity index (χ1v) is 8.55. The number of nitrogens with two attached hydrogens (primary N) is 1. The van der Waals surface area contributed by atoms with Crippen molar-refractivity contribution < 1.29 is 14.6 Å². The molecule has 0 aliphatic carbocycles. The molecule has 3 rings (SSSR count). The molecule has 0 saturated carbocycles. The first kappa shape index (κ1) is 16.4. The third kappa shape index (κ3) is 3.42. The van der Waals surface area contributed by atoms with Crippen LogP contribution in [0.2, 0.25) is 0 Å². The molecule has 0 aromatic heterocycles. The van der Waals surface area contributed by atoms with Crippen LogP contribution < -0.4 is 5.73 Å². The van der Waals surface area contributed by atoms with E-state index in [1.165, 1.54) is 0 Å². The van der Waals surface area contributed by atoms with Crippen molar-refractivity contribution in [2.75, 3.05) is 26.2 Å². The van der Waals surface area contributed by atoms with Crippen molar-refractivity contribution in [2.45, 2.75) is 43.8 Å². The number of hydrogen-bond acceptors (Lipinski definition) is 4. The molecule has 126 valence electrons. The van der Waals surface area contributed by atoms with Gasteiger partial charge in [-0.2, -0.15) is 0 Å². The average molecular weight is 318 g/mol. The summed E-state index contributed by atoms with van der Waals surface area (Å²) >= 11 is 0. The van der Waals surface area contributed by atoms with Gasteiger partial charge in [0, 0.05) is 25.3 Å². The molecule has 1 amide bonds. The fourth-order valence-electron chi connectivity index (χ4n) is 3.64.